The van der Waals surface area contributed by atoms with E-state index in [2.05, 4.69) is 15.0 Å². The number of benzene rings is 1. The van der Waals surface area contributed by atoms with E-state index < -0.39 is 5.97 Å². The molecule has 1 N–H and O–H groups in total. The number of nitrogens with zero attached hydrogens (tertiary/aromatic N) is 1. The molecule has 0 radical (unpaired) electrons. The molecule has 0 saturated heterocycles. The number of rotatable bonds is 3. The fourth-order valence-corrected chi connectivity index (χ4v) is 2.56. The summed E-state index contributed by atoms with van der Waals surface area (Å²) < 4.78 is 4.60. The van der Waals surface area contributed by atoms with Gasteiger partial charge in [0.1, 0.15) is 4.88 Å². The predicted molar refractivity (Wildman–Crippen MR) is 73.2 cm³/mol. The van der Waals surface area contributed by atoms with Crippen molar-refractivity contribution in [1.82, 2.24) is 4.98 Å². The first-order valence-corrected chi connectivity index (χ1v) is 6.43. The van der Waals surface area contributed by atoms with E-state index in [1.54, 1.807) is 18.2 Å². The van der Waals surface area contributed by atoms with Crippen LogP contribution in [0.1, 0.15) is 9.67 Å². The number of methoxy groups -OCH3 is 1. The highest BCUT2D eigenvalue weighted by atomic mass is 35.5. The first kappa shape index (κ1) is 13.1. The van der Waals surface area contributed by atoms with Gasteiger partial charge in [-0.2, -0.15) is 0 Å². The molecule has 0 aliphatic heterocycles. The van der Waals surface area contributed by atoms with Gasteiger partial charge in [-0.3, -0.25) is 0 Å². The van der Waals surface area contributed by atoms with Gasteiger partial charge in [-0.15, -0.1) is 0 Å². The van der Waals surface area contributed by atoms with E-state index in [4.69, 9.17) is 23.2 Å². The van der Waals surface area contributed by atoms with Gasteiger partial charge in [-0.05, 0) is 18.2 Å². The number of aromatic nitrogens is 1. The molecule has 0 amide bonds. The lowest BCUT2D eigenvalue weighted by Crippen LogP contribution is -1.96. The highest BCUT2D eigenvalue weighted by Crippen LogP contribution is 2.27. The van der Waals surface area contributed by atoms with Gasteiger partial charge < -0.3 is 10.1 Å². The Morgan fingerprint density at radius 1 is 1.33 bits per heavy atom. The number of thiazole rings is 1. The van der Waals surface area contributed by atoms with Gasteiger partial charge in [-0.1, -0.05) is 34.5 Å². The highest BCUT2D eigenvalue weighted by Gasteiger charge is 2.10. The molecule has 2 aromatic rings. The van der Waals surface area contributed by atoms with Crippen molar-refractivity contribution < 1.29 is 9.53 Å². The van der Waals surface area contributed by atoms with E-state index in [-0.39, 0.29) is 0 Å². The Balaban J connectivity index is 2.18. The van der Waals surface area contributed by atoms with Crippen LogP contribution in [0.2, 0.25) is 10.0 Å². The summed E-state index contributed by atoms with van der Waals surface area (Å²) in [7, 11) is 1.33. The maximum absolute atomic E-state index is 11.3. The van der Waals surface area contributed by atoms with Crippen molar-refractivity contribution in [3.63, 3.8) is 0 Å². The fraction of sp³-hybridized carbons (Fsp3) is 0.0909. The van der Waals surface area contributed by atoms with Crippen LogP contribution >= 0.6 is 34.5 Å². The molecule has 0 aliphatic carbocycles. The van der Waals surface area contributed by atoms with Crippen molar-refractivity contribution >= 4 is 51.3 Å². The molecule has 4 nitrogen and oxygen atoms in total. The number of halogens is 2. The first-order chi connectivity index (χ1) is 8.58. The van der Waals surface area contributed by atoms with E-state index in [0.29, 0.717) is 25.7 Å². The lowest BCUT2D eigenvalue weighted by molar-refractivity contribution is 0.0606. The second-order valence-electron chi connectivity index (χ2n) is 3.30. The third kappa shape index (κ3) is 3.13. The number of esters is 1. The fourth-order valence-electron chi connectivity index (χ4n) is 1.28. The Bertz CT molecular complexity index is 566. The normalized spacial score (nSPS) is 10.2. The van der Waals surface area contributed by atoms with Crippen LogP contribution in [0.15, 0.2) is 24.4 Å². The maximum atomic E-state index is 11.3. The molecule has 7 heteroatoms. The van der Waals surface area contributed by atoms with Gasteiger partial charge in [0.25, 0.3) is 0 Å². The average Bonchev–Trinajstić information content (AvgIpc) is 2.75. The third-order valence-corrected chi connectivity index (χ3v) is 3.34. The number of carbonyl (C=O) groups is 1. The minimum absolute atomic E-state index is 0.412. The molecule has 0 bridgehead atoms. The molecule has 0 aliphatic rings. The summed E-state index contributed by atoms with van der Waals surface area (Å²) in [6, 6.07) is 5.06. The van der Waals surface area contributed by atoms with Gasteiger partial charge in [0.2, 0.25) is 0 Å². The molecule has 0 spiro atoms. The molecular formula is C11H8Cl2N2O2S. The number of ether oxygens (including phenoxy) is 1. The summed E-state index contributed by atoms with van der Waals surface area (Å²) in [5.41, 5.74) is 0.707. The van der Waals surface area contributed by atoms with E-state index in [1.807, 2.05) is 0 Å². The molecule has 0 fully saturated rings. The number of carbonyl (C=O) groups excluding carboxylic acids is 1. The minimum atomic E-state index is -0.412. The average molecular weight is 303 g/mol. The zero-order valence-corrected chi connectivity index (χ0v) is 11.6. The number of hydrogen-bond donors (Lipinski definition) is 1. The maximum Gasteiger partial charge on any atom is 0.349 e. The van der Waals surface area contributed by atoms with Crippen molar-refractivity contribution in [3.8, 4) is 0 Å². The van der Waals surface area contributed by atoms with Crippen LogP contribution in [0.3, 0.4) is 0 Å². The SMILES string of the molecule is COC(=O)c1cnc(Nc2cc(Cl)cc(Cl)c2)s1. The van der Waals surface area contributed by atoms with E-state index in [1.165, 1.54) is 24.6 Å². The third-order valence-electron chi connectivity index (χ3n) is 2.01. The zero-order chi connectivity index (χ0) is 13.1. The standard InChI is InChI=1S/C11H8Cl2N2O2S/c1-17-10(16)9-5-14-11(18-9)15-8-3-6(12)2-7(13)4-8/h2-5H,1H3,(H,14,15). The molecule has 2 rings (SSSR count). The lowest BCUT2D eigenvalue weighted by Gasteiger charge is -2.03. The Morgan fingerprint density at radius 3 is 2.61 bits per heavy atom. The van der Waals surface area contributed by atoms with Crippen LogP contribution in [0.5, 0.6) is 0 Å². The quantitative estimate of drug-likeness (QED) is 0.871. The zero-order valence-electron chi connectivity index (χ0n) is 9.24. The summed E-state index contributed by atoms with van der Waals surface area (Å²) >= 11 is 12.9. The van der Waals surface area contributed by atoms with Gasteiger partial charge >= 0.3 is 5.97 Å². The van der Waals surface area contributed by atoms with E-state index in [9.17, 15) is 4.79 Å². The first-order valence-electron chi connectivity index (χ1n) is 4.86. The molecule has 94 valence electrons. The Hall–Kier alpha value is -1.30. The molecule has 0 atom stereocenters. The molecule has 1 aromatic heterocycles. The van der Waals surface area contributed by atoms with Crippen LogP contribution in [0.4, 0.5) is 10.8 Å². The van der Waals surface area contributed by atoms with Crippen LogP contribution in [-0.4, -0.2) is 18.1 Å². The van der Waals surface area contributed by atoms with Crippen molar-refractivity contribution in [2.24, 2.45) is 0 Å². The van der Waals surface area contributed by atoms with Crippen LogP contribution < -0.4 is 5.32 Å². The number of nitrogens with one attached hydrogen (secondary N) is 1. The Kier molecular flexibility index (Phi) is 4.06. The monoisotopic (exact) mass is 302 g/mol. The molecule has 18 heavy (non-hydrogen) atoms. The molecule has 1 heterocycles. The summed E-state index contributed by atoms with van der Waals surface area (Å²) in [4.78, 5) is 15.8. The van der Waals surface area contributed by atoms with Gasteiger partial charge in [0.15, 0.2) is 5.13 Å². The van der Waals surface area contributed by atoms with Crippen molar-refractivity contribution in [2.45, 2.75) is 0 Å². The summed E-state index contributed by atoms with van der Waals surface area (Å²) in [5, 5.41) is 4.63. The lowest BCUT2D eigenvalue weighted by atomic mass is 10.3. The molecule has 1 aromatic carbocycles. The topological polar surface area (TPSA) is 51.2 Å². The summed E-state index contributed by atoms with van der Waals surface area (Å²) in [5.74, 6) is -0.412. The Morgan fingerprint density at radius 2 is 2.00 bits per heavy atom. The highest BCUT2D eigenvalue weighted by molar-refractivity contribution is 7.17. The molecule has 0 saturated carbocycles. The second kappa shape index (κ2) is 5.56. The van der Waals surface area contributed by atoms with Gasteiger partial charge in [0.05, 0.1) is 13.3 Å². The Labute approximate surface area is 118 Å². The van der Waals surface area contributed by atoms with Crippen LogP contribution in [0, 0.1) is 0 Å². The van der Waals surface area contributed by atoms with Gasteiger partial charge in [-0.25, -0.2) is 9.78 Å². The van der Waals surface area contributed by atoms with Crippen molar-refractivity contribution in [2.75, 3.05) is 12.4 Å². The molecule has 0 unspecified atom stereocenters. The van der Waals surface area contributed by atoms with Crippen molar-refractivity contribution in [3.05, 3.63) is 39.3 Å². The number of anilines is 2. The largest absolute Gasteiger partial charge is 0.465 e. The number of hydrogen-bond acceptors (Lipinski definition) is 5. The second-order valence-corrected chi connectivity index (χ2v) is 5.21. The van der Waals surface area contributed by atoms with Crippen LogP contribution in [0.25, 0.3) is 0 Å². The summed E-state index contributed by atoms with van der Waals surface area (Å²) in [6.45, 7) is 0. The van der Waals surface area contributed by atoms with Crippen LogP contribution in [-0.2, 0) is 4.74 Å². The smallest absolute Gasteiger partial charge is 0.349 e. The summed E-state index contributed by atoms with van der Waals surface area (Å²) in [6.07, 6.45) is 1.45. The van der Waals surface area contributed by atoms with E-state index >= 15 is 0 Å². The minimum Gasteiger partial charge on any atom is -0.465 e. The molecular weight excluding hydrogens is 295 g/mol. The van der Waals surface area contributed by atoms with E-state index in [0.717, 1.165) is 0 Å². The van der Waals surface area contributed by atoms with Crippen molar-refractivity contribution in [1.29, 1.82) is 0 Å². The predicted octanol–water partition coefficient (Wildman–Crippen LogP) is 3.98. The van der Waals surface area contributed by atoms with Gasteiger partial charge in [0, 0.05) is 15.7 Å².